The van der Waals surface area contributed by atoms with Crippen LogP contribution in [0.2, 0.25) is 0 Å². The molecule has 6 rings (SSSR count). The van der Waals surface area contributed by atoms with Crippen molar-refractivity contribution in [3.8, 4) is 11.1 Å². The molecule has 3 aromatic carbocycles. The Morgan fingerprint density at radius 3 is 1.98 bits per heavy atom. The zero-order valence-electron chi connectivity index (χ0n) is 27.6. The van der Waals surface area contributed by atoms with Crippen LogP contribution < -0.4 is 31.9 Å². The number of benzene rings is 3. The molecule has 0 spiro atoms. The molecule has 262 valence electrons. The van der Waals surface area contributed by atoms with E-state index in [1.165, 1.54) is 0 Å². The van der Waals surface area contributed by atoms with E-state index < -0.39 is 48.9 Å². The van der Waals surface area contributed by atoms with E-state index in [4.69, 9.17) is 9.47 Å². The summed E-state index contributed by atoms with van der Waals surface area (Å²) in [5.74, 6) is -1.38. The molecule has 1 aliphatic heterocycles. The number of alkyl carbamates (subject to hydrolysis) is 1. The minimum Gasteiger partial charge on any atom is -0.449 e. The number of rotatable bonds is 15. The van der Waals surface area contributed by atoms with Gasteiger partial charge in [0.1, 0.15) is 25.9 Å². The average Bonchev–Trinajstić information content (AvgIpc) is 3.46. The van der Waals surface area contributed by atoms with Gasteiger partial charge in [0.25, 0.3) is 0 Å². The molecule has 3 aliphatic rings. The molecular weight excluding hydrogens is 640 g/mol. The lowest BCUT2D eigenvalue weighted by molar-refractivity contribution is -0.135. The molecule has 1 saturated carbocycles. The number of fused-ring (bicyclic) bond motifs is 5. The topological polar surface area (TPSA) is 176 Å². The fourth-order valence-electron chi connectivity index (χ4n) is 6.89. The summed E-state index contributed by atoms with van der Waals surface area (Å²) in [5.41, 5.74) is 5.15. The Kier molecular flexibility index (Phi) is 11.4. The van der Waals surface area contributed by atoms with Crippen LogP contribution in [-0.4, -0.2) is 87.9 Å². The number of carbonyl (C=O) groups excluding carboxylic acids is 5. The van der Waals surface area contributed by atoms with E-state index in [9.17, 15) is 24.0 Å². The van der Waals surface area contributed by atoms with Crippen LogP contribution in [0.25, 0.3) is 11.1 Å². The number of nitrogens with one attached hydrogen (secondary N) is 6. The zero-order valence-corrected chi connectivity index (χ0v) is 27.6. The van der Waals surface area contributed by atoms with Gasteiger partial charge in [-0.25, -0.2) is 4.79 Å². The van der Waals surface area contributed by atoms with Gasteiger partial charge in [-0.15, -0.1) is 0 Å². The van der Waals surface area contributed by atoms with Crippen LogP contribution in [-0.2, 0) is 35.1 Å². The van der Waals surface area contributed by atoms with Crippen LogP contribution in [0.1, 0.15) is 29.0 Å². The summed E-state index contributed by atoms with van der Waals surface area (Å²) in [4.78, 5) is 63.1. The SMILES string of the molecule is O=C(CNC(=O)OCC1c2ccccc2-c2ccccc21)NCC(=O)N[C@@H](Cc1ccccc1)C(=O)NCC(=O)NCOC1C2CNCC1C2. The number of hydrogen-bond donors (Lipinski definition) is 6. The van der Waals surface area contributed by atoms with Gasteiger partial charge in [0, 0.05) is 25.4 Å². The van der Waals surface area contributed by atoms with Gasteiger partial charge < -0.3 is 41.4 Å². The maximum absolute atomic E-state index is 13.1. The van der Waals surface area contributed by atoms with E-state index >= 15 is 0 Å². The number of piperidine rings is 2. The molecule has 0 radical (unpaired) electrons. The van der Waals surface area contributed by atoms with Crippen LogP contribution in [0.15, 0.2) is 78.9 Å². The molecule has 3 atom stereocenters. The quantitative estimate of drug-likeness (QED) is 0.130. The predicted molar refractivity (Wildman–Crippen MR) is 184 cm³/mol. The molecule has 2 bridgehead atoms. The lowest BCUT2D eigenvalue weighted by Crippen LogP contribution is -2.58. The largest absolute Gasteiger partial charge is 0.449 e. The highest BCUT2D eigenvalue weighted by Crippen LogP contribution is 2.44. The van der Waals surface area contributed by atoms with Crippen LogP contribution in [0.3, 0.4) is 0 Å². The molecule has 0 aromatic heterocycles. The second kappa shape index (κ2) is 16.4. The summed E-state index contributed by atoms with van der Waals surface area (Å²) >= 11 is 0. The van der Waals surface area contributed by atoms with Crippen molar-refractivity contribution >= 4 is 29.7 Å². The molecule has 1 saturated heterocycles. The van der Waals surface area contributed by atoms with Crippen LogP contribution in [0.4, 0.5) is 4.79 Å². The average molecular weight is 683 g/mol. The first kappa shape index (κ1) is 34.6. The molecule has 2 aliphatic carbocycles. The lowest BCUT2D eigenvalue weighted by atomic mass is 9.69. The zero-order chi connectivity index (χ0) is 34.9. The number of ether oxygens (including phenoxy) is 2. The summed E-state index contributed by atoms with van der Waals surface area (Å²) in [5, 5.41) is 16.1. The normalized spacial score (nSPS) is 19.1. The van der Waals surface area contributed by atoms with Gasteiger partial charge in [0.15, 0.2) is 0 Å². The summed E-state index contributed by atoms with van der Waals surface area (Å²) in [7, 11) is 0. The minimum atomic E-state index is -1.01. The molecule has 13 heteroatoms. The molecule has 1 heterocycles. The van der Waals surface area contributed by atoms with Crippen molar-refractivity contribution in [2.75, 3.05) is 46.1 Å². The molecule has 2 fully saturated rings. The van der Waals surface area contributed by atoms with Crippen molar-refractivity contribution in [3.05, 3.63) is 95.6 Å². The Bertz CT molecular complexity index is 1640. The van der Waals surface area contributed by atoms with Gasteiger partial charge in [-0.05, 0) is 46.1 Å². The monoisotopic (exact) mass is 682 g/mol. The highest BCUT2D eigenvalue weighted by Gasteiger charge is 2.44. The Balaban J connectivity index is 0.911. The van der Waals surface area contributed by atoms with Gasteiger partial charge in [-0.2, -0.15) is 0 Å². The van der Waals surface area contributed by atoms with Crippen molar-refractivity contribution in [1.82, 2.24) is 31.9 Å². The number of hydrogen-bond acceptors (Lipinski definition) is 8. The maximum Gasteiger partial charge on any atom is 0.407 e. The van der Waals surface area contributed by atoms with Crippen LogP contribution >= 0.6 is 0 Å². The summed E-state index contributed by atoms with van der Waals surface area (Å²) in [6.45, 7) is 0.871. The van der Waals surface area contributed by atoms with E-state index in [2.05, 4.69) is 31.9 Å². The number of carbonyl (C=O) groups is 5. The van der Waals surface area contributed by atoms with Gasteiger partial charge in [0.2, 0.25) is 23.6 Å². The van der Waals surface area contributed by atoms with Crippen LogP contribution in [0.5, 0.6) is 0 Å². The van der Waals surface area contributed by atoms with Gasteiger partial charge in [-0.3, -0.25) is 19.2 Å². The standard InChI is InChI=1S/C37H42N6O7/c44-32(19-41-37(48)49-21-30-28-12-6-4-10-26(28)27-11-5-7-13-29(27)30)39-20-34(46)43-31(14-23-8-2-1-3-9-23)36(47)40-18-33(45)42-22-50-35-24-15-25(35)17-38-16-24/h1-13,24-25,30-31,35,38H,14-22H2,(H,39,44)(H,40,47)(H,41,48)(H,42,45)(H,43,46)/t24?,25?,31-,35?/m0/s1. The molecule has 50 heavy (non-hydrogen) atoms. The van der Waals surface area contributed by atoms with Gasteiger partial charge in [0.05, 0.1) is 19.2 Å². The molecular formula is C37H42N6O7. The first-order chi connectivity index (χ1) is 24.4. The van der Waals surface area contributed by atoms with Crippen molar-refractivity contribution in [2.45, 2.75) is 30.9 Å². The van der Waals surface area contributed by atoms with E-state index in [0.29, 0.717) is 11.8 Å². The summed E-state index contributed by atoms with van der Waals surface area (Å²) in [6.07, 6.45) is 0.683. The highest BCUT2D eigenvalue weighted by molar-refractivity contribution is 5.92. The Hall–Kier alpha value is -5.27. The number of amides is 5. The van der Waals surface area contributed by atoms with Crippen molar-refractivity contribution < 1.29 is 33.4 Å². The first-order valence-electron chi connectivity index (χ1n) is 16.9. The van der Waals surface area contributed by atoms with Crippen molar-refractivity contribution in [1.29, 1.82) is 0 Å². The summed E-state index contributed by atoms with van der Waals surface area (Å²) < 4.78 is 11.3. The minimum absolute atomic E-state index is 0.0619. The predicted octanol–water partition coefficient (Wildman–Crippen LogP) is 1.18. The molecule has 3 aromatic rings. The third-order valence-corrected chi connectivity index (χ3v) is 9.43. The smallest absolute Gasteiger partial charge is 0.407 e. The fourth-order valence-corrected chi connectivity index (χ4v) is 6.89. The van der Waals surface area contributed by atoms with E-state index in [1.54, 1.807) is 0 Å². The Labute approximate surface area is 290 Å². The van der Waals surface area contributed by atoms with Crippen molar-refractivity contribution in [2.24, 2.45) is 11.8 Å². The Morgan fingerprint density at radius 2 is 1.30 bits per heavy atom. The van der Waals surface area contributed by atoms with Gasteiger partial charge >= 0.3 is 6.09 Å². The van der Waals surface area contributed by atoms with E-state index in [1.807, 2.05) is 78.9 Å². The third kappa shape index (κ3) is 8.65. The molecule has 2 unspecified atom stereocenters. The second-order valence-electron chi connectivity index (χ2n) is 12.8. The van der Waals surface area contributed by atoms with E-state index in [-0.39, 0.29) is 38.3 Å². The lowest BCUT2D eigenvalue weighted by Gasteiger charge is -2.49. The van der Waals surface area contributed by atoms with E-state index in [0.717, 1.165) is 47.3 Å². The molecule has 6 N–H and O–H groups in total. The molecule has 5 amide bonds. The fraction of sp³-hybridized carbons (Fsp3) is 0.378. The first-order valence-corrected chi connectivity index (χ1v) is 16.9. The third-order valence-electron chi connectivity index (χ3n) is 9.43. The molecule has 13 nitrogen and oxygen atoms in total. The highest BCUT2D eigenvalue weighted by atomic mass is 16.5. The second-order valence-corrected chi connectivity index (χ2v) is 12.8. The maximum atomic E-state index is 13.1. The van der Waals surface area contributed by atoms with Crippen molar-refractivity contribution in [3.63, 3.8) is 0 Å². The Morgan fingerprint density at radius 1 is 0.700 bits per heavy atom. The van der Waals surface area contributed by atoms with Gasteiger partial charge in [-0.1, -0.05) is 78.9 Å². The summed E-state index contributed by atoms with van der Waals surface area (Å²) in [6, 6.07) is 24.0. The van der Waals surface area contributed by atoms with Crippen LogP contribution in [0, 0.1) is 11.8 Å².